The lowest BCUT2D eigenvalue weighted by atomic mass is 10.1. The topological polar surface area (TPSA) is 49.4 Å². The highest BCUT2D eigenvalue weighted by atomic mass is 35.5. The average molecular weight is 502 g/mol. The van der Waals surface area contributed by atoms with Gasteiger partial charge < -0.3 is 10.2 Å². The second kappa shape index (κ2) is 12.6. The van der Waals surface area contributed by atoms with Gasteiger partial charge in [-0.2, -0.15) is 0 Å². The Morgan fingerprint density at radius 1 is 1.00 bits per heavy atom. The van der Waals surface area contributed by atoms with Crippen LogP contribution in [-0.2, 0) is 16.1 Å². The molecule has 0 saturated carbocycles. The molecule has 2 amide bonds. The SMILES string of the molecule is CC(C)CNC(=O)C(C)N(Cc1ccc(Cl)cc1Cl)C(=O)CCSc1ccc(Cl)cc1. The minimum absolute atomic E-state index is 0.111. The lowest BCUT2D eigenvalue weighted by molar-refractivity contribution is -0.140. The molecule has 31 heavy (non-hydrogen) atoms. The molecule has 2 aromatic rings. The maximum absolute atomic E-state index is 13.1. The molecule has 0 aliphatic carbocycles. The summed E-state index contributed by atoms with van der Waals surface area (Å²) >= 11 is 19.8. The third-order valence-electron chi connectivity index (χ3n) is 4.61. The first-order valence-electron chi connectivity index (χ1n) is 10.1. The fraction of sp³-hybridized carbons (Fsp3) is 0.391. The van der Waals surface area contributed by atoms with Crippen molar-refractivity contribution in [3.05, 3.63) is 63.1 Å². The van der Waals surface area contributed by atoms with Gasteiger partial charge in [0, 0.05) is 45.2 Å². The van der Waals surface area contributed by atoms with Crippen molar-refractivity contribution >= 4 is 58.4 Å². The zero-order valence-corrected chi connectivity index (χ0v) is 20.9. The third kappa shape index (κ3) is 8.57. The van der Waals surface area contributed by atoms with Gasteiger partial charge in [0.1, 0.15) is 6.04 Å². The molecule has 0 aromatic heterocycles. The molecule has 2 rings (SSSR count). The number of carbonyl (C=O) groups is 2. The highest BCUT2D eigenvalue weighted by molar-refractivity contribution is 7.99. The van der Waals surface area contributed by atoms with E-state index in [1.807, 2.05) is 38.1 Å². The molecule has 0 heterocycles. The Hall–Kier alpha value is -1.40. The second-order valence-electron chi connectivity index (χ2n) is 7.62. The number of rotatable bonds is 10. The van der Waals surface area contributed by atoms with Crippen LogP contribution in [0.2, 0.25) is 15.1 Å². The summed E-state index contributed by atoms with van der Waals surface area (Å²) in [5, 5.41) is 4.57. The molecular weight excluding hydrogens is 475 g/mol. The van der Waals surface area contributed by atoms with Gasteiger partial charge in [0.15, 0.2) is 0 Å². The van der Waals surface area contributed by atoms with Gasteiger partial charge in [-0.05, 0) is 54.8 Å². The fourth-order valence-corrected chi connectivity index (χ4v) is 4.23. The van der Waals surface area contributed by atoms with E-state index in [9.17, 15) is 9.59 Å². The first kappa shape index (κ1) is 25.9. The van der Waals surface area contributed by atoms with Gasteiger partial charge in [-0.1, -0.05) is 54.7 Å². The zero-order valence-electron chi connectivity index (χ0n) is 17.8. The third-order valence-corrected chi connectivity index (χ3v) is 6.46. The van der Waals surface area contributed by atoms with Crippen molar-refractivity contribution in [3.8, 4) is 0 Å². The van der Waals surface area contributed by atoms with E-state index in [1.54, 1.807) is 41.8 Å². The van der Waals surface area contributed by atoms with Crippen LogP contribution in [0.5, 0.6) is 0 Å². The smallest absolute Gasteiger partial charge is 0.242 e. The van der Waals surface area contributed by atoms with Crippen LogP contribution in [0, 0.1) is 5.92 Å². The van der Waals surface area contributed by atoms with E-state index in [-0.39, 0.29) is 18.4 Å². The van der Waals surface area contributed by atoms with Crippen LogP contribution in [0.3, 0.4) is 0 Å². The Morgan fingerprint density at radius 2 is 1.65 bits per heavy atom. The van der Waals surface area contributed by atoms with Gasteiger partial charge in [-0.25, -0.2) is 0 Å². The molecule has 0 bridgehead atoms. The first-order chi connectivity index (χ1) is 14.7. The highest BCUT2D eigenvalue weighted by Gasteiger charge is 2.26. The summed E-state index contributed by atoms with van der Waals surface area (Å²) in [6, 6.07) is 12.0. The molecule has 0 fully saturated rings. The second-order valence-corrected chi connectivity index (χ2v) is 10.1. The van der Waals surface area contributed by atoms with Crippen molar-refractivity contribution in [3.63, 3.8) is 0 Å². The van der Waals surface area contributed by atoms with Gasteiger partial charge >= 0.3 is 0 Å². The maximum Gasteiger partial charge on any atom is 0.242 e. The van der Waals surface area contributed by atoms with Crippen molar-refractivity contribution < 1.29 is 9.59 Å². The summed E-state index contributed by atoms with van der Waals surface area (Å²) in [6.07, 6.45) is 0.292. The van der Waals surface area contributed by atoms with E-state index in [0.29, 0.717) is 39.7 Å². The lowest BCUT2D eigenvalue weighted by Gasteiger charge is -2.29. The van der Waals surface area contributed by atoms with E-state index in [4.69, 9.17) is 34.8 Å². The number of hydrogen-bond donors (Lipinski definition) is 1. The molecule has 8 heteroatoms. The molecule has 4 nitrogen and oxygen atoms in total. The molecule has 168 valence electrons. The minimum Gasteiger partial charge on any atom is -0.354 e. The summed E-state index contributed by atoms with van der Waals surface area (Å²) < 4.78 is 0. The van der Waals surface area contributed by atoms with E-state index >= 15 is 0 Å². The van der Waals surface area contributed by atoms with Crippen LogP contribution >= 0.6 is 46.6 Å². The number of nitrogens with zero attached hydrogens (tertiary/aromatic N) is 1. The molecule has 0 spiro atoms. The van der Waals surface area contributed by atoms with E-state index < -0.39 is 6.04 Å². The number of halogens is 3. The van der Waals surface area contributed by atoms with E-state index in [0.717, 1.165) is 10.5 Å². The fourth-order valence-electron chi connectivity index (χ4n) is 2.80. The first-order valence-corrected chi connectivity index (χ1v) is 12.2. The largest absolute Gasteiger partial charge is 0.354 e. The van der Waals surface area contributed by atoms with Gasteiger partial charge in [0.25, 0.3) is 0 Å². The molecule has 0 radical (unpaired) electrons. The Bertz CT molecular complexity index is 891. The van der Waals surface area contributed by atoms with Crippen LogP contribution in [-0.4, -0.2) is 35.1 Å². The Labute approximate surface area is 203 Å². The van der Waals surface area contributed by atoms with Gasteiger partial charge in [-0.3, -0.25) is 9.59 Å². The quantitative estimate of drug-likeness (QED) is 0.388. The molecule has 1 atom stereocenters. The predicted molar refractivity (Wildman–Crippen MR) is 131 cm³/mol. The number of carbonyl (C=O) groups excluding carboxylic acids is 2. The highest BCUT2D eigenvalue weighted by Crippen LogP contribution is 2.25. The van der Waals surface area contributed by atoms with Gasteiger partial charge in [0.05, 0.1) is 0 Å². The number of amides is 2. The standard InChI is InChI=1S/C23H27Cl3N2O2S/c1-15(2)13-27-23(30)16(3)28(14-17-4-5-19(25)12-21(17)26)22(29)10-11-31-20-8-6-18(24)7-9-20/h4-9,12,15-16H,10-11,13-14H2,1-3H3,(H,27,30). The number of thioether (sulfide) groups is 1. The van der Waals surface area contributed by atoms with Crippen LogP contribution in [0.1, 0.15) is 32.8 Å². The maximum atomic E-state index is 13.1. The van der Waals surface area contributed by atoms with Crippen molar-refractivity contribution in [1.29, 1.82) is 0 Å². The molecule has 2 aromatic carbocycles. The van der Waals surface area contributed by atoms with Gasteiger partial charge in [0.2, 0.25) is 11.8 Å². The lowest BCUT2D eigenvalue weighted by Crippen LogP contribution is -2.48. The number of hydrogen-bond acceptors (Lipinski definition) is 3. The number of benzene rings is 2. The van der Waals surface area contributed by atoms with Crippen molar-refractivity contribution in [2.75, 3.05) is 12.3 Å². The molecule has 1 N–H and O–H groups in total. The summed E-state index contributed by atoms with van der Waals surface area (Å²) in [6.45, 7) is 6.57. The van der Waals surface area contributed by atoms with Crippen LogP contribution in [0.25, 0.3) is 0 Å². The van der Waals surface area contributed by atoms with Gasteiger partial charge in [-0.15, -0.1) is 11.8 Å². The predicted octanol–water partition coefficient (Wildman–Crippen LogP) is 6.32. The molecule has 0 aliphatic heterocycles. The molecule has 0 saturated heterocycles. The van der Waals surface area contributed by atoms with Crippen molar-refractivity contribution in [2.24, 2.45) is 5.92 Å². The van der Waals surface area contributed by atoms with Crippen molar-refractivity contribution in [2.45, 2.75) is 44.7 Å². The number of nitrogens with one attached hydrogen (secondary N) is 1. The Morgan fingerprint density at radius 3 is 2.26 bits per heavy atom. The summed E-state index contributed by atoms with van der Waals surface area (Å²) in [4.78, 5) is 28.4. The summed E-state index contributed by atoms with van der Waals surface area (Å²) in [5.74, 6) is 0.616. The normalized spacial score (nSPS) is 12.0. The van der Waals surface area contributed by atoms with E-state index in [2.05, 4.69) is 5.32 Å². The van der Waals surface area contributed by atoms with Crippen LogP contribution in [0.4, 0.5) is 0 Å². The monoisotopic (exact) mass is 500 g/mol. The molecular formula is C23H27Cl3N2O2S. The van der Waals surface area contributed by atoms with E-state index in [1.165, 1.54) is 0 Å². The van der Waals surface area contributed by atoms with Crippen LogP contribution < -0.4 is 5.32 Å². The zero-order chi connectivity index (χ0) is 23.0. The van der Waals surface area contributed by atoms with Crippen LogP contribution in [0.15, 0.2) is 47.4 Å². The Kier molecular flexibility index (Phi) is 10.5. The van der Waals surface area contributed by atoms with Crippen molar-refractivity contribution in [1.82, 2.24) is 10.2 Å². The summed E-state index contributed by atoms with van der Waals surface area (Å²) in [7, 11) is 0. The summed E-state index contributed by atoms with van der Waals surface area (Å²) in [5.41, 5.74) is 0.744. The Balaban J connectivity index is 2.09. The minimum atomic E-state index is -0.626. The molecule has 0 aliphatic rings. The average Bonchev–Trinajstić information content (AvgIpc) is 2.72. The molecule has 1 unspecified atom stereocenters.